The Hall–Kier alpha value is -5.04. The van der Waals surface area contributed by atoms with Crippen molar-refractivity contribution >= 4 is 52.1 Å². The molecular weight excluding hydrogens is 778 g/mol. The molecule has 0 bridgehead atoms. The zero-order chi connectivity index (χ0) is 44.6. The van der Waals surface area contributed by atoms with Crippen molar-refractivity contribution in [2.24, 2.45) is 0 Å². The van der Waals surface area contributed by atoms with Gasteiger partial charge in [-0.05, 0) is 80.5 Å². The van der Waals surface area contributed by atoms with E-state index < -0.39 is 51.4 Å². The minimum absolute atomic E-state index is 0.00344. The number of carbonyl (C=O) groups is 6. The minimum Gasteiger partial charge on any atom is -0.459 e. The maximum absolute atomic E-state index is 13.5. The number of benzene rings is 2. The van der Waals surface area contributed by atoms with Crippen LogP contribution in [0.4, 0.5) is 5.69 Å². The number of hydrogen-bond acceptors (Lipinski definition) is 15. The fourth-order valence-electron chi connectivity index (χ4n) is 6.94. The van der Waals surface area contributed by atoms with E-state index in [-0.39, 0.29) is 72.8 Å². The van der Waals surface area contributed by atoms with Crippen molar-refractivity contribution in [1.29, 1.82) is 0 Å². The molecule has 2 aliphatic heterocycles. The van der Waals surface area contributed by atoms with Crippen LogP contribution in [0.5, 0.6) is 0 Å². The van der Waals surface area contributed by atoms with Crippen LogP contribution in [0.3, 0.4) is 0 Å². The van der Waals surface area contributed by atoms with Crippen LogP contribution in [0.15, 0.2) is 30.3 Å². The van der Waals surface area contributed by atoms with Crippen molar-refractivity contribution in [3.05, 3.63) is 51.6 Å². The summed E-state index contributed by atoms with van der Waals surface area (Å²) in [4.78, 5) is 99.2. The van der Waals surface area contributed by atoms with Gasteiger partial charge in [-0.25, -0.2) is 0 Å². The lowest BCUT2D eigenvalue weighted by Gasteiger charge is -2.34. The average molecular weight is 840 g/mol. The van der Waals surface area contributed by atoms with E-state index in [1.807, 2.05) is 19.6 Å². The SMILES string of the molecule is CC(C)(C)OC(=O)CN1CCN(CC(=O)NCCN2C(=O)c3cccc4c([N+](=O)[O-])ccc(c34)C2=O)CCN(CC(=O)OC(C)(C)C)CCN(CC(=O)OC(C)(C)C)CC1. The van der Waals surface area contributed by atoms with Crippen LogP contribution < -0.4 is 5.32 Å². The molecule has 18 heteroatoms. The second-order valence-electron chi connectivity index (χ2n) is 18.1. The molecule has 1 N–H and O–H groups in total. The largest absolute Gasteiger partial charge is 0.459 e. The Kier molecular flexibility index (Phi) is 15.9. The van der Waals surface area contributed by atoms with Gasteiger partial charge in [0.15, 0.2) is 0 Å². The first-order chi connectivity index (χ1) is 27.9. The number of carbonyl (C=O) groups excluding carboxylic acids is 6. The molecular formula is C42H61N7O11. The fraction of sp³-hybridized carbons (Fsp3) is 0.619. The number of hydrogen-bond donors (Lipinski definition) is 1. The van der Waals surface area contributed by atoms with Crippen molar-refractivity contribution in [1.82, 2.24) is 29.8 Å². The van der Waals surface area contributed by atoms with Gasteiger partial charge < -0.3 is 19.5 Å². The molecule has 2 aliphatic rings. The van der Waals surface area contributed by atoms with Crippen LogP contribution in [0, 0.1) is 10.1 Å². The Balaban J connectivity index is 1.48. The third-order valence-corrected chi connectivity index (χ3v) is 9.44. The topological polar surface area (TPSA) is 201 Å². The monoisotopic (exact) mass is 839 g/mol. The van der Waals surface area contributed by atoms with E-state index in [2.05, 4.69) is 5.32 Å². The molecule has 2 aromatic carbocycles. The Bertz CT molecular complexity index is 1860. The number of rotatable bonds is 12. The van der Waals surface area contributed by atoms with Gasteiger partial charge in [-0.2, -0.15) is 0 Å². The molecule has 0 aliphatic carbocycles. The van der Waals surface area contributed by atoms with E-state index in [0.717, 1.165) is 4.90 Å². The van der Waals surface area contributed by atoms with Gasteiger partial charge >= 0.3 is 17.9 Å². The van der Waals surface area contributed by atoms with Gasteiger partial charge in [0.05, 0.1) is 36.5 Å². The normalized spacial score (nSPS) is 17.1. The molecule has 0 radical (unpaired) electrons. The molecule has 60 heavy (non-hydrogen) atoms. The predicted molar refractivity (Wildman–Crippen MR) is 222 cm³/mol. The Labute approximate surface area is 351 Å². The highest BCUT2D eigenvalue weighted by atomic mass is 16.6. The predicted octanol–water partition coefficient (Wildman–Crippen LogP) is 2.71. The summed E-state index contributed by atoms with van der Waals surface area (Å²) in [7, 11) is 0. The summed E-state index contributed by atoms with van der Waals surface area (Å²) in [5.41, 5.74) is -1.96. The summed E-state index contributed by atoms with van der Waals surface area (Å²) < 4.78 is 16.9. The first-order valence-corrected chi connectivity index (χ1v) is 20.3. The van der Waals surface area contributed by atoms with Crippen LogP contribution >= 0.6 is 0 Å². The molecule has 0 saturated carbocycles. The molecule has 1 fully saturated rings. The van der Waals surface area contributed by atoms with Crippen LogP contribution in [0.25, 0.3) is 10.8 Å². The number of non-ortho nitro benzene ring substituents is 1. The number of nitrogens with one attached hydrogen (secondary N) is 1. The van der Waals surface area contributed by atoms with Crippen molar-refractivity contribution in [2.45, 2.75) is 79.1 Å². The summed E-state index contributed by atoms with van der Waals surface area (Å²) in [5, 5.41) is 14.9. The third-order valence-electron chi connectivity index (χ3n) is 9.44. The smallest absolute Gasteiger partial charge is 0.320 e. The Morgan fingerprint density at radius 2 is 1.00 bits per heavy atom. The molecule has 0 spiro atoms. The standard InChI is InChI=1S/C42H61N7O11/c1-40(2,3)58-34(51)26-45-19-17-44(18-20-46(27-35(52)59-41(4,5)6)22-24-47(23-21-45)28-36(53)60-42(7,8)9)25-33(50)43-15-16-48-38(54)30-12-10-11-29-32(49(56)57)14-13-31(37(29)30)39(48)55/h10-14H,15-28H2,1-9H3,(H,43,50). The summed E-state index contributed by atoms with van der Waals surface area (Å²) in [6, 6.07) is 7.14. The summed E-state index contributed by atoms with van der Waals surface area (Å²) in [6.45, 7) is 18.8. The van der Waals surface area contributed by atoms with E-state index in [0.29, 0.717) is 52.4 Å². The van der Waals surface area contributed by atoms with Gasteiger partial charge in [0.25, 0.3) is 17.5 Å². The molecule has 0 unspecified atom stereocenters. The Morgan fingerprint density at radius 1 is 0.617 bits per heavy atom. The molecule has 2 heterocycles. The van der Waals surface area contributed by atoms with E-state index in [1.54, 1.807) is 62.3 Å². The zero-order valence-corrected chi connectivity index (χ0v) is 36.5. The number of imide groups is 1. The van der Waals surface area contributed by atoms with Gasteiger partial charge in [0, 0.05) is 88.0 Å². The first kappa shape index (κ1) is 47.6. The van der Waals surface area contributed by atoms with Crippen molar-refractivity contribution in [3.8, 4) is 0 Å². The quantitative estimate of drug-likeness (QED) is 0.107. The second-order valence-corrected chi connectivity index (χ2v) is 18.1. The number of nitro groups is 1. The van der Waals surface area contributed by atoms with Crippen molar-refractivity contribution in [3.63, 3.8) is 0 Å². The van der Waals surface area contributed by atoms with Gasteiger partial charge in [0.2, 0.25) is 5.91 Å². The van der Waals surface area contributed by atoms with Gasteiger partial charge in [-0.3, -0.25) is 63.4 Å². The zero-order valence-electron chi connectivity index (χ0n) is 36.5. The molecule has 0 aromatic heterocycles. The minimum atomic E-state index is -0.699. The summed E-state index contributed by atoms with van der Waals surface area (Å²) >= 11 is 0. The number of amides is 3. The second kappa shape index (κ2) is 20.0. The summed E-state index contributed by atoms with van der Waals surface area (Å²) in [6.07, 6.45) is 0. The maximum atomic E-state index is 13.5. The lowest BCUT2D eigenvalue weighted by molar-refractivity contribution is -0.383. The lowest BCUT2D eigenvalue weighted by atomic mass is 9.93. The highest BCUT2D eigenvalue weighted by Gasteiger charge is 2.35. The third kappa shape index (κ3) is 14.6. The molecule has 1 saturated heterocycles. The van der Waals surface area contributed by atoms with Crippen molar-refractivity contribution in [2.75, 3.05) is 91.6 Å². The first-order valence-electron chi connectivity index (χ1n) is 20.3. The van der Waals surface area contributed by atoms with Gasteiger partial charge in [-0.1, -0.05) is 6.07 Å². The molecule has 330 valence electrons. The molecule has 2 aromatic rings. The van der Waals surface area contributed by atoms with E-state index in [9.17, 15) is 38.9 Å². The molecule has 3 amide bonds. The summed E-state index contributed by atoms with van der Waals surface area (Å²) in [5.74, 6) is -2.84. The van der Waals surface area contributed by atoms with Crippen LogP contribution in [-0.4, -0.2) is 173 Å². The number of nitro benzene ring substituents is 1. The number of nitrogens with zero attached hydrogens (tertiary/aromatic N) is 6. The fourth-order valence-corrected chi connectivity index (χ4v) is 6.94. The van der Waals surface area contributed by atoms with Gasteiger partial charge in [0.1, 0.15) is 16.8 Å². The number of esters is 3. The molecule has 18 nitrogen and oxygen atoms in total. The van der Waals surface area contributed by atoms with E-state index >= 15 is 0 Å². The van der Waals surface area contributed by atoms with Crippen LogP contribution in [0.1, 0.15) is 83.0 Å². The van der Waals surface area contributed by atoms with Gasteiger partial charge in [-0.15, -0.1) is 0 Å². The molecule has 0 atom stereocenters. The van der Waals surface area contributed by atoms with Crippen LogP contribution in [-0.2, 0) is 33.4 Å². The van der Waals surface area contributed by atoms with E-state index in [4.69, 9.17) is 14.2 Å². The highest BCUT2D eigenvalue weighted by Crippen LogP contribution is 2.35. The lowest BCUT2D eigenvalue weighted by Crippen LogP contribution is -2.51. The van der Waals surface area contributed by atoms with Crippen LogP contribution in [0.2, 0.25) is 0 Å². The van der Waals surface area contributed by atoms with Crippen molar-refractivity contribution < 1.29 is 47.9 Å². The average Bonchev–Trinajstić information content (AvgIpc) is 3.10. The Morgan fingerprint density at radius 3 is 1.38 bits per heavy atom. The van der Waals surface area contributed by atoms with E-state index in [1.165, 1.54) is 30.3 Å². The number of ether oxygens (including phenoxy) is 3. The molecule has 4 rings (SSSR count). The highest BCUT2D eigenvalue weighted by molar-refractivity contribution is 6.26. The maximum Gasteiger partial charge on any atom is 0.320 e.